The number of benzene rings is 1. The van der Waals surface area contributed by atoms with Crippen LogP contribution in [0.3, 0.4) is 0 Å². The van der Waals surface area contributed by atoms with Gasteiger partial charge >= 0.3 is 0 Å². The van der Waals surface area contributed by atoms with Gasteiger partial charge in [0.15, 0.2) is 0 Å². The summed E-state index contributed by atoms with van der Waals surface area (Å²) < 4.78 is 13.3. The lowest BCUT2D eigenvalue weighted by molar-refractivity contribution is 0.175. The largest absolute Gasteiger partial charge is 0.392 e. The minimum atomic E-state index is -0.408. The Bertz CT molecular complexity index is 711. The minimum Gasteiger partial charge on any atom is -0.392 e. The van der Waals surface area contributed by atoms with Gasteiger partial charge < -0.3 is 10.1 Å². The van der Waals surface area contributed by atoms with Crippen LogP contribution >= 0.6 is 0 Å². The third kappa shape index (κ3) is 2.34. The molecule has 2 aromatic rings. The molecule has 1 aromatic carbocycles. The summed E-state index contributed by atoms with van der Waals surface area (Å²) in [6.45, 7) is 3.98. The number of pyridine rings is 1. The number of aromatic amines is 1. The van der Waals surface area contributed by atoms with Crippen molar-refractivity contribution < 1.29 is 9.50 Å². The Morgan fingerprint density at radius 2 is 2.25 bits per heavy atom. The second-order valence-corrected chi connectivity index (χ2v) is 5.43. The normalized spacial score (nSPS) is 19.9. The number of H-pyrrole nitrogens is 1. The number of aliphatic hydroxyl groups is 1. The molecule has 20 heavy (non-hydrogen) atoms. The molecular weight excluding hydrogens is 259 g/mol. The number of rotatable bonds is 2. The van der Waals surface area contributed by atoms with Crippen molar-refractivity contribution in [3.05, 3.63) is 45.6 Å². The summed E-state index contributed by atoms with van der Waals surface area (Å²) in [6.07, 6.45) is 0.497. The molecule has 0 spiro atoms. The Morgan fingerprint density at radius 3 is 2.95 bits per heavy atom. The predicted octanol–water partition coefficient (Wildman–Crippen LogP) is 1.54. The molecule has 1 saturated heterocycles. The summed E-state index contributed by atoms with van der Waals surface area (Å²) in [5.74, 6) is -0.408. The number of aryl methyl sites for hydroxylation is 1. The first-order valence-corrected chi connectivity index (χ1v) is 6.76. The standard InChI is InChI=1S/C15H17FN2O2/c1-9-14(8-18-5-4-11(19)7-18)12-3-2-10(16)6-13(12)15(20)17-9/h2-3,6,11,19H,4-5,7-8H2,1H3,(H,17,20)/t11-/m0/s1. The van der Waals surface area contributed by atoms with Crippen molar-refractivity contribution in [1.29, 1.82) is 0 Å². The van der Waals surface area contributed by atoms with Crippen LogP contribution < -0.4 is 5.56 Å². The topological polar surface area (TPSA) is 56.3 Å². The summed E-state index contributed by atoms with van der Waals surface area (Å²) in [4.78, 5) is 16.8. The summed E-state index contributed by atoms with van der Waals surface area (Å²) >= 11 is 0. The van der Waals surface area contributed by atoms with E-state index in [1.165, 1.54) is 12.1 Å². The molecule has 0 amide bonds. The molecule has 0 unspecified atom stereocenters. The fourth-order valence-corrected chi connectivity index (χ4v) is 2.87. The van der Waals surface area contributed by atoms with Gasteiger partial charge in [-0.2, -0.15) is 0 Å². The molecule has 2 heterocycles. The molecule has 3 rings (SSSR count). The molecule has 0 bridgehead atoms. The van der Waals surface area contributed by atoms with E-state index in [1.807, 2.05) is 6.92 Å². The number of aliphatic hydroxyl groups excluding tert-OH is 1. The molecule has 5 heteroatoms. The Kier molecular flexibility index (Phi) is 3.31. The highest BCUT2D eigenvalue weighted by Gasteiger charge is 2.21. The number of aromatic nitrogens is 1. The van der Waals surface area contributed by atoms with Gasteiger partial charge in [-0.3, -0.25) is 9.69 Å². The van der Waals surface area contributed by atoms with E-state index in [9.17, 15) is 14.3 Å². The molecule has 1 aliphatic rings. The highest BCUT2D eigenvalue weighted by Crippen LogP contribution is 2.22. The van der Waals surface area contributed by atoms with E-state index in [0.717, 1.165) is 29.6 Å². The first-order valence-electron chi connectivity index (χ1n) is 6.76. The van der Waals surface area contributed by atoms with Crippen LogP contribution in [0, 0.1) is 12.7 Å². The van der Waals surface area contributed by atoms with Crippen LogP contribution in [0.25, 0.3) is 10.8 Å². The second-order valence-electron chi connectivity index (χ2n) is 5.43. The average molecular weight is 276 g/mol. The molecule has 0 saturated carbocycles. The SMILES string of the molecule is Cc1[nH]c(=O)c2cc(F)ccc2c1CN1CC[C@H](O)C1. The fraction of sp³-hybridized carbons (Fsp3) is 0.400. The number of nitrogens with zero attached hydrogens (tertiary/aromatic N) is 1. The number of hydrogen-bond donors (Lipinski definition) is 2. The number of likely N-dealkylation sites (tertiary alicyclic amines) is 1. The van der Waals surface area contributed by atoms with Crippen molar-refractivity contribution in [2.75, 3.05) is 13.1 Å². The van der Waals surface area contributed by atoms with Crippen LogP contribution in [0.4, 0.5) is 4.39 Å². The lowest BCUT2D eigenvalue weighted by Crippen LogP contribution is -2.23. The van der Waals surface area contributed by atoms with Crippen molar-refractivity contribution in [3.8, 4) is 0 Å². The van der Waals surface area contributed by atoms with E-state index < -0.39 is 5.82 Å². The van der Waals surface area contributed by atoms with Crippen LogP contribution in [0.1, 0.15) is 17.7 Å². The van der Waals surface area contributed by atoms with Gasteiger partial charge in [-0.25, -0.2) is 4.39 Å². The van der Waals surface area contributed by atoms with Gasteiger partial charge in [0.25, 0.3) is 5.56 Å². The van der Waals surface area contributed by atoms with Crippen LogP contribution in [-0.4, -0.2) is 34.2 Å². The third-order valence-electron chi connectivity index (χ3n) is 3.93. The van der Waals surface area contributed by atoms with Crippen molar-refractivity contribution in [2.24, 2.45) is 0 Å². The monoisotopic (exact) mass is 276 g/mol. The van der Waals surface area contributed by atoms with Gasteiger partial charge in [0.05, 0.1) is 11.5 Å². The van der Waals surface area contributed by atoms with E-state index in [2.05, 4.69) is 9.88 Å². The molecule has 1 fully saturated rings. The van der Waals surface area contributed by atoms with Gasteiger partial charge in [-0.05, 0) is 36.4 Å². The van der Waals surface area contributed by atoms with E-state index in [0.29, 0.717) is 18.5 Å². The quantitative estimate of drug-likeness (QED) is 0.875. The van der Waals surface area contributed by atoms with E-state index in [-0.39, 0.29) is 11.7 Å². The highest BCUT2D eigenvalue weighted by atomic mass is 19.1. The predicted molar refractivity (Wildman–Crippen MR) is 75.2 cm³/mol. The number of β-amino-alcohol motifs (C(OH)–C–C–N with tert-alkyl or cyclic N) is 1. The number of nitrogens with one attached hydrogen (secondary N) is 1. The van der Waals surface area contributed by atoms with E-state index in [4.69, 9.17) is 0 Å². The molecule has 1 aromatic heterocycles. The Balaban J connectivity index is 2.07. The zero-order chi connectivity index (χ0) is 14.3. The maximum Gasteiger partial charge on any atom is 0.256 e. The summed E-state index contributed by atoms with van der Waals surface area (Å²) in [5.41, 5.74) is 1.53. The summed E-state index contributed by atoms with van der Waals surface area (Å²) in [6, 6.07) is 4.31. The van der Waals surface area contributed by atoms with Gasteiger partial charge in [-0.1, -0.05) is 6.07 Å². The molecule has 0 radical (unpaired) electrons. The average Bonchev–Trinajstić information content (AvgIpc) is 2.80. The van der Waals surface area contributed by atoms with E-state index in [1.54, 1.807) is 6.07 Å². The maximum atomic E-state index is 13.3. The van der Waals surface area contributed by atoms with Crippen molar-refractivity contribution in [2.45, 2.75) is 26.0 Å². The zero-order valence-corrected chi connectivity index (χ0v) is 11.3. The van der Waals surface area contributed by atoms with Crippen LogP contribution in [0.2, 0.25) is 0 Å². The number of halogens is 1. The first-order chi connectivity index (χ1) is 9.54. The molecule has 2 N–H and O–H groups in total. The van der Waals surface area contributed by atoms with Crippen molar-refractivity contribution >= 4 is 10.8 Å². The molecule has 1 atom stereocenters. The Labute approximate surface area is 115 Å². The molecule has 106 valence electrons. The number of fused-ring (bicyclic) bond motifs is 1. The first kappa shape index (κ1) is 13.3. The van der Waals surface area contributed by atoms with Crippen molar-refractivity contribution in [3.63, 3.8) is 0 Å². The van der Waals surface area contributed by atoms with Crippen LogP contribution in [-0.2, 0) is 6.54 Å². The third-order valence-corrected chi connectivity index (χ3v) is 3.93. The van der Waals surface area contributed by atoms with E-state index >= 15 is 0 Å². The van der Waals surface area contributed by atoms with Crippen molar-refractivity contribution in [1.82, 2.24) is 9.88 Å². The second kappa shape index (κ2) is 5.00. The summed E-state index contributed by atoms with van der Waals surface area (Å²) in [7, 11) is 0. The highest BCUT2D eigenvalue weighted by molar-refractivity contribution is 5.85. The molecule has 4 nitrogen and oxygen atoms in total. The number of hydrogen-bond acceptors (Lipinski definition) is 3. The van der Waals surface area contributed by atoms with Gasteiger partial charge in [-0.15, -0.1) is 0 Å². The van der Waals surface area contributed by atoms with Crippen LogP contribution in [0.15, 0.2) is 23.0 Å². The lowest BCUT2D eigenvalue weighted by atomic mass is 10.0. The molecule has 1 aliphatic heterocycles. The van der Waals surface area contributed by atoms with Crippen LogP contribution in [0.5, 0.6) is 0 Å². The summed E-state index contributed by atoms with van der Waals surface area (Å²) in [5, 5.41) is 10.8. The smallest absolute Gasteiger partial charge is 0.256 e. The van der Waals surface area contributed by atoms with Gasteiger partial charge in [0, 0.05) is 25.3 Å². The molecular formula is C15H17FN2O2. The lowest BCUT2D eigenvalue weighted by Gasteiger charge is -2.18. The Morgan fingerprint density at radius 1 is 1.45 bits per heavy atom. The van der Waals surface area contributed by atoms with Gasteiger partial charge in [0.2, 0.25) is 0 Å². The van der Waals surface area contributed by atoms with Gasteiger partial charge in [0.1, 0.15) is 5.82 Å². The fourth-order valence-electron chi connectivity index (χ4n) is 2.87. The zero-order valence-electron chi connectivity index (χ0n) is 11.3. The minimum absolute atomic E-state index is 0.262. The Hall–Kier alpha value is -1.72. The maximum absolute atomic E-state index is 13.3. The molecule has 0 aliphatic carbocycles.